The van der Waals surface area contributed by atoms with Gasteiger partial charge in [-0.05, 0) is 57.6 Å². The molecule has 3 heteroatoms. The molecular weight excluding hydrogens is 332 g/mol. The van der Waals surface area contributed by atoms with Crippen LogP contribution in [0.5, 0.6) is 0 Å². The van der Waals surface area contributed by atoms with E-state index in [4.69, 9.17) is 0 Å². The summed E-state index contributed by atoms with van der Waals surface area (Å²) in [5.41, 5.74) is 1.24. The highest BCUT2D eigenvalue weighted by Gasteiger charge is 2.45. The minimum atomic E-state index is -0.693. The van der Waals surface area contributed by atoms with E-state index in [0.717, 1.165) is 49.9 Å². The third-order valence-electron chi connectivity index (χ3n) is 5.49. The monoisotopic (exact) mass is 366 g/mol. The van der Waals surface area contributed by atoms with Crippen LogP contribution in [0.3, 0.4) is 0 Å². The van der Waals surface area contributed by atoms with Crippen LogP contribution in [0.25, 0.3) is 0 Å². The Morgan fingerprint density at radius 2 is 1.78 bits per heavy atom. The van der Waals surface area contributed by atoms with E-state index in [1.807, 2.05) is 42.6 Å². The van der Waals surface area contributed by atoms with Gasteiger partial charge in [0.25, 0.3) is 0 Å². The Kier molecular flexibility index (Phi) is 8.18. The Labute approximate surface area is 164 Å². The van der Waals surface area contributed by atoms with E-state index >= 15 is 0 Å². The molecule has 27 heavy (non-hydrogen) atoms. The van der Waals surface area contributed by atoms with Crippen molar-refractivity contribution in [2.75, 3.05) is 20.6 Å². The van der Waals surface area contributed by atoms with Crippen LogP contribution in [0.1, 0.15) is 57.2 Å². The highest BCUT2D eigenvalue weighted by atomic mass is 16.1. The van der Waals surface area contributed by atoms with Gasteiger partial charge in [-0.3, -0.25) is 9.78 Å². The SMILES string of the molecule is CCCC[C@H](CC)C(=O)[C@@](CCN(C)C)(c1ccccc1)c1ccccn1. The van der Waals surface area contributed by atoms with E-state index < -0.39 is 5.41 Å². The molecule has 2 atom stereocenters. The quantitative estimate of drug-likeness (QED) is 0.554. The summed E-state index contributed by atoms with van der Waals surface area (Å²) in [5, 5.41) is 0. The molecule has 0 aliphatic carbocycles. The number of benzene rings is 1. The van der Waals surface area contributed by atoms with Crippen LogP contribution in [0.15, 0.2) is 54.7 Å². The molecule has 0 aliphatic rings. The second-order valence-electron chi connectivity index (χ2n) is 7.65. The van der Waals surface area contributed by atoms with Crippen LogP contribution in [-0.4, -0.2) is 36.3 Å². The summed E-state index contributed by atoms with van der Waals surface area (Å²) >= 11 is 0. The number of hydrogen-bond donors (Lipinski definition) is 0. The molecule has 0 saturated heterocycles. The van der Waals surface area contributed by atoms with Gasteiger partial charge in [0, 0.05) is 12.1 Å². The van der Waals surface area contributed by atoms with E-state index in [-0.39, 0.29) is 5.92 Å². The lowest BCUT2D eigenvalue weighted by atomic mass is 9.66. The molecule has 0 amide bonds. The second kappa shape index (κ2) is 10.4. The van der Waals surface area contributed by atoms with E-state index in [2.05, 4.69) is 50.0 Å². The zero-order valence-electron chi connectivity index (χ0n) is 17.3. The van der Waals surface area contributed by atoms with Crippen LogP contribution in [0.2, 0.25) is 0 Å². The molecular formula is C24H34N2O. The van der Waals surface area contributed by atoms with E-state index in [9.17, 15) is 4.79 Å². The second-order valence-corrected chi connectivity index (χ2v) is 7.65. The minimum absolute atomic E-state index is 0.0642. The maximum Gasteiger partial charge on any atom is 0.152 e. The highest BCUT2D eigenvalue weighted by molar-refractivity contribution is 5.95. The molecule has 146 valence electrons. The average Bonchev–Trinajstić information content (AvgIpc) is 2.70. The smallest absolute Gasteiger partial charge is 0.152 e. The lowest BCUT2D eigenvalue weighted by Gasteiger charge is -2.36. The number of ketones is 1. The van der Waals surface area contributed by atoms with E-state index in [1.54, 1.807) is 0 Å². The van der Waals surface area contributed by atoms with Crippen LogP contribution >= 0.6 is 0 Å². The molecule has 0 fully saturated rings. The van der Waals surface area contributed by atoms with Gasteiger partial charge in [-0.2, -0.15) is 0 Å². The maximum absolute atomic E-state index is 14.1. The number of carbonyl (C=O) groups excluding carboxylic acids is 1. The van der Waals surface area contributed by atoms with Crippen LogP contribution < -0.4 is 0 Å². The van der Waals surface area contributed by atoms with Crippen molar-refractivity contribution in [2.24, 2.45) is 5.92 Å². The van der Waals surface area contributed by atoms with Crippen LogP contribution in [0.4, 0.5) is 0 Å². The van der Waals surface area contributed by atoms with Gasteiger partial charge in [0.2, 0.25) is 0 Å². The molecule has 1 aromatic heterocycles. The molecule has 2 aromatic rings. The summed E-state index contributed by atoms with van der Waals surface area (Å²) in [7, 11) is 4.13. The molecule has 0 N–H and O–H groups in total. The Morgan fingerprint density at radius 1 is 1.07 bits per heavy atom. The predicted molar refractivity (Wildman–Crippen MR) is 113 cm³/mol. The fourth-order valence-corrected chi connectivity index (χ4v) is 3.86. The largest absolute Gasteiger partial charge is 0.309 e. The van der Waals surface area contributed by atoms with Gasteiger partial charge in [0.05, 0.1) is 11.1 Å². The van der Waals surface area contributed by atoms with Crippen molar-refractivity contribution in [2.45, 2.75) is 51.4 Å². The molecule has 0 unspecified atom stereocenters. The van der Waals surface area contributed by atoms with Gasteiger partial charge in [0.1, 0.15) is 0 Å². The Bertz CT molecular complexity index is 643. The van der Waals surface area contributed by atoms with Gasteiger partial charge < -0.3 is 4.90 Å². The van der Waals surface area contributed by atoms with Gasteiger partial charge in [-0.15, -0.1) is 0 Å². The zero-order chi connectivity index (χ0) is 19.7. The number of aromatic nitrogens is 1. The number of pyridine rings is 1. The molecule has 0 saturated carbocycles. The first-order valence-corrected chi connectivity index (χ1v) is 10.2. The molecule has 0 spiro atoms. The average molecular weight is 367 g/mol. The summed E-state index contributed by atoms with van der Waals surface area (Å²) < 4.78 is 0. The van der Waals surface area contributed by atoms with Crippen molar-refractivity contribution in [3.63, 3.8) is 0 Å². The first-order valence-electron chi connectivity index (χ1n) is 10.2. The summed E-state index contributed by atoms with van der Waals surface area (Å²) in [6, 6.07) is 16.2. The topological polar surface area (TPSA) is 33.2 Å². The third kappa shape index (κ3) is 5.04. The molecule has 0 radical (unpaired) electrons. The Morgan fingerprint density at radius 3 is 2.33 bits per heavy atom. The van der Waals surface area contributed by atoms with Crippen molar-refractivity contribution in [3.05, 3.63) is 66.0 Å². The summed E-state index contributed by atoms with van der Waals surface area (Å²) in [4.78, 5) is 20.9. The van der Waals surface area contributed by atoms with Gasteiger partial charge in [0.15, 0.2) is 5.78 Å². The first-order chi connectivity index (χ1) is 13.1. The lowest BCUT2D eigenvalue weighted by molar-refractivity contribution is -0.128. The Hall–Kier alpha value is -2.00. The van der Waals surface area contributed by atoms with Gasteiger partial charge in [-0.25, -0.2) is 0 Å². The number of hydrogen-bond acceptors (Lipinski definition) is 3. The van der Waals surface area contributed by atoms with Gasteiger partial charge in [-0.1, -0.05) is 63.1 Å². The predicted octanol–water partition coefficient (Wildman–Crippen LogP) is 5.10. The number of unbranched alkanes of at least 4 members (excludes halogenated alkanes) is 1. The fraction of sp³-hybridized carbons (Fsp3) is 0.500. The van der Waals surface area contributed by atoms with Crippen molar-refractivity contribution < 1.29 is 4.79 Å². The zero-order valence-corrected chi connectivity index (χ0v) is 17.3. The van der Waals surface area contributed by atoms with Crippen molar-refractivity contribution in [1.29, 1.82) is 0 Å². The Balaban J connectivity index is 2.61. The molecule has 3 nitrogen and oxygen atoms in total. The number of rotatable bonds is 11. The number of Topliss-reactive ketones (excluding diaryl/α,β-unsaturated/α-hetero) is 1. The summed E-state index contributed by atoms with van der Waals surface area (Å²) in [5.74, 6) is 0.388. The van der Waals surface area contributed by atoms with Crippen LogP contribution in [0, 0.1) is 5.92 Å². The number of carbonyl (C=O) groups is 1. The van der Waals surface area contributed by atoms with Crippen LogP contribution in [-0.2, 0) is 10.2 Å². The number of nitrogens with zero attached hydrogens (tertiary/aromatic N) is 2. The molecule has 0 aliphatic heterocycles. The maximum atomic E-state index is 14.1. The molecule has 0 bridgehead atoms. The van der Waals surface area contributed by atoms with E-state index in [0.29, 0.717) is 5.78 Å². The van der Waals surface area contributed by atoms with E-state index in [1.165, 1.54) is 0 Å². The third-order valence-corrected chi connectivity index (χ3v) is 5.49. The molecule has 2 rings (SSSR count). The highest BCUT2D eigenvalue weighted by Crippen LogP contribution is 2.39. The normalized spacial score (nSPS) is 14.7. The minimum Gasteiger partial charge on any atom is -0.309 e. The fourth-order valence-electron chi connectivity index (χ4n) is 3.86. The van der Waals surface area contributed by atoms with Crippen molar-refractivity contribution in [3.8, 4) is 0 Å². The molecule has 1 aromatic carbocycles. The first kappa shape index (κ1) is 21.3. The lowest BCUT2D eigenvalue weighted by Crippen LogP contribution is -2.44. The van der Waals surface area contributed by atoms with Gasteiger partial charge >= 0.3 is 0 Å². The summed E-state index contributed by atoms with van der Waals surface area (Å²) in [6.07, 6.45) is 6.58. The van der Waals surface area contributed by atoms with Crippen molar-refractivity contribution in [1.82, 2.24) is 9.88 Å². The standard InChI is InChI=1S/C24H34N2O/c1-5-7-13-20(6-2)23(27)24(17-19-26(3)4,21-14-9-8-10-15-21)22-16-11-12-18-25-22/h8-12,14-16,18,20H,5-7,13,17,19H2,1-4H3/t20-,24-/m0/s1. The molecule has 1 heterocycles. The van der Waals surface area contributed by atoms with Crippen molar-refractivity contribution >= 4 is 5.78 Å². The summed E-state index contributed by atoms with van der Waals surface area (Å²) in [6.45, 7) is 5.16.